The van der Waals surface area contributed by atoms with Crippen molar-refractivity contribution in [1.29, 1.82) is 0 Å². The molecule has 1 fully saturated rings. The molecule has 1 heterocycles. The summed E-state index contributed by atoms with van der Waals surface area (Å²) in [4.78, 5) is 13.7. The highest BCUT2D eigenvalue weighted by molar-refractivity contribution is 7.12. The Bertz CT molecular complexity index is 363. The molecule has 1 aliphatic rings. The molecule has 0 aromatic carbocycles. The van der Waals surface area contributed by atoms with Crippen LogP contribution in [0.15, 0.2) is 18.2 Å². The predicted octanol–water partition coefficient (Wildman–Crippen LogP) is 2.35. The molecule has 0 saturated heterocycles. The summed E-state index contributed by atoms with van der Waals surface area (Å²) in [5, 5.41) is 2.91. The molecule has 3 heteroatoms. The number of amides is 1. The molecule has 1 amide bonds. The third kappa shape index (κ3) is 2.70. The van der Waals surface area contributed by atoms with Gasteiger partial charge in [-0.15, -0.1) is 11.3 Å². The first-order chi connectivity index (χ1) is 6.74. The van der Waals surface area contributed by atoms with Crippen molar-refractivity contribution in [3.05, 3.63) is 28.0 Å². The summed E-state index contributed by atoms with van der Waals surface area (Å²) in [5.41, 5.74) is 0. The van der Waals surface area contributed by atoms with Crippen molar-refractivity contribution < 1.29 is 4.79 Å². The molecule has 1 aromatic rings. The molecule has 74 valence electrons. The van der Waals surface area contributed by atoms with Crippen molar-refractivity contribution in [2.24, 2.45) is 0 Å². The smallest absolute Gasteiger partial charge is 0.244 e. The van der Waals surface area contributed by atoms with Gasteiger partial charge in [0.25, 0.3) is 0 Å². The fourth-order valence-electron chi connectivity index (χ4n) is 1.18. The van der Waals surface area contributed by atoms with Gasteiger partial charge in [0.05, 0.1) is 0 Å². The Balaban J connectivity index is 1.88. The van der Waals surface area contributed by atoms with Crippen LogP contribution in [0.25, 0.3) is 6.08 Å². The van der Waals surface area contributed by atoms with E-state index in [0.29, 0.717) is 6.04 Å². The van der Waals surface area contributed by atoms with Gasteiger partial charge < -0.3 is 5.32 Å². The molecule has 0 aliphatic heterocycles. The molecule has 0 spiro atoms. The van der Waals surface area contributed by atoms with Crippen molar-refractivity contribution in [3.8, 4) is 0 Å². The van der Waals surface area contributed by atoms with Crippen molar-refractivity contribution in [1.82, 2.24) is 5.32 Å². The normalized spacial score (nSPS) is 16.1. The highest BCUT2D eigenvalue weighted by Crippen LogP contribution is 2.19. The number of carbonyl (C=O) groups excluding carboxylic acids is 1. The number of aryl methyl sites for hydroxylation is 1. The fraction of sp³-hybridized carbons (Fsp3) is 0.364. The lowest BCUT2D eigenvalue weighted by Crippen LogP contribution is -2.22. The monoisotopic (exact) mass is 207 g/mol. The SMILES string of the molecule is Cc1ccc(C=CC(=O)NC2CC2)s1. The largest absolute Gasteiger partial charge is 0.350 e. The maximum absolute atomic E-state index is 11.3. The minimum atomic E-state index is 0.0264. The van der Waals surface area contributed by atoms with E-state index < -0.39 is 0 Å². The van der Waals surface area contributed by atoms with Crippen LogP contribution >= 0.6 is 11.3 Å². The van der Waals surface area contributed by atoms with Gasteiger partial charge in [-0.05, 0) is 38.0 Å². The molecule has 0 atom stereocenters. The topological polar surface area (TPSA) is 29.1 Å². The number of carbonyl (C=O) groups is 1. The van der Waals surface area contributed by atoms with Crippen LogP contribution in [-0.4, -0.2) is 11.9 Å². The molecule has 2 nitrogen and oxygen atoms in total. The number of nitrogens with one attached hydrogen (secondary N) is 1. The van der Waals surface area contributed by atoms with Crippen LogP contribution < -0.4 is 5.32 Å². The quantitative estimate of drug-likeness (QED) is 0.757. The van der Waals surface area contributed by atoms with Gasteiger partial charge in [-0.3, -0.25) is 4.79 Å². The molecule has 2 rings (SSSR count). The Labute approximate surface area is 87.6 Å². The summed E-state index contributed by atoms with van der Waals surface area (Å²) in [6.45, 7) is 2.06. The van der Waals surface area contributed by atoms with Crippen molar-refractivity contribution in [2.45, 2.75) is 25.8 Å². The van der Waals surface area contributed by atoms with Gasteiger partial charge in [-0.2, -0.15) is 0 Å². The predicted molar refractivity (Wildman–Crippen MR) is 59.3 cm³/mol. The minimum Gasteiger partial charge on any atom is -0.350 e. The third-order valence-corrected chi connectivity index (χ3v) is 3.05. The van der Waals surface area contributed by atoms with Crippen LogP contribution in [0.3, 0.4) is 0 Å². The van der Waals surface area contributed by atoms with Crippen LogP contribution in [-0.2, 0) is 4.79 Å². The van der Waals surface area contributed by atoms with Gasteiger partial charge >= 0.3 is 0 Å². The number of rotatable bonds is 3. The van der Waals surface area contributed by atoms with Crippen LogP contribution in [0.1, 0.15) is 22.6 Å². The van der Waals surface area contributed by atoms with Gasteiger partial charge in [0, 0.05) is 21.9 Å². The second kappa shape index (κ2) is 3.96. The van der Waals surface area contributed by atoms with E-state index in [4.69, 9.17) is 0 Å². The van der Waals surface area contributed by atoms with E-state index in [-0.39, 0.29) is 5.91 Å². The summed E-state index contributed by atoms with van der Waals surface area (Å²) in [7, 11) is 0. The Hall–Kier alpha value is -1.09. The molecular weight excluding hydrogens is 194 g/mol. The van der Waals surface area contributed by atoms with Gasteiger partial charge in [0.1, 0.15) is 0 Å². The fourth-order valence-corrected chi connectivity index (χ4v) is 1.96. The van der Waals surface area contributed by atoms with Crippen molar-refractivity contribution >= 4 is 23.3 Å². The van der Waals surface area contributed by atoms with Crippen molar-refractivity contribution in [3.63, 3.8) is 0 Å². The molecule has 0 unspecified atom stereocenters. The molecule has 1 aliphatic carbocycles. The average molecular weight is 207 g/mol. The maximum atomic E-state index is 11.3. The van der Waals surface area contributed by atoms with E-state index in [1.807, 2.05) is 12.1 Å². The molecule has 0 bridgehead atoms. The van der Waals surface area contributed by atoms with Crippen LogP contribution in [0, 0.1) is 6.92 Å². The van der Waals surface area contributed by atoms with E-state index in [1.165, 1.54) is 4.88 Å². The zero-order valence-corrected chi connectivity index (χ0v) is 8.93. The lowest BCUT2D eigenvalue weighted by Gasteiger charge is -1.95. The first-order valence-corrected chi connectivity index (χ1v) is 5.61. The van der Waals surface area contributed by atoms with Crippen molar-refractivity contribution in [2.75, 3.05) is 0 Å². The summed E-state index contributed by atoms with van der Waals surface area (Å²) < 4.78 is 0. The summed E-state index contributed by atoms with van der Waals surface area (Å²) in [5.74, 6) is 0.0264. The first-order valence-electron chi connectivity index (χ1n) is 4.79. The highest BCUT2D eigenvalue weighted by Gasteiger charge is 2.21. The summed E-state index contributed by atoms with van der Waals surface area (Å²) in [6.07, 6.45) is 5.76. The van der Waals surface area contributed by atoms with E-state index in [0.717, 1.165) is 17.7 Å². The lowest BCUT2D eigenvalue weighted by atomic mass is 10.4. The zero-order valence-electron chi connectivity index (χ0n) is 8.12. The number of thiophene rings is 1. The van der Waals surface area contributed by atoms with Crippen LogP contribution in [0.2, 0.25) is 0 Å². The Morgan fingerprint density at radius 2 is 2.36 bits per heavy atom. The second-order valence-corrected chi connectivity index (χ2v) is 4.88. The Kier molecular flexibility index (Phi) is 2.68. The minimum absolute atomic E-state index is 0.0264. The molecule has 0 radical (unpaired) electrons. The summed E-state index contributed by atoms with van der Waals surface area (Å²) in [6, 6.07) is 4.53. The van der Waals surface area contributed by atoms with Gasteiger partial charge in [0.2, 0.25) is 5.91 Å². The van der Waals surface area contributed by atoms with E-state index >= 15 is 0 Å². The average Bonchev–Trinajstić information content (AvgIpc) is 2.85. The second-order valence-electron chi connectivity index (χ2n) is 3.56. The van der Waals surface area contributed by atoms with E-state index in [1.54, 1.807) is 17.4 Å². The van der Waals surface area contributed by atoms with Crippen LogP contribution in [0.4, 0.5) is 0 Å². The Morgan fingerprint density at radius 1 is 1.57 bits per heavy atom. The Morgan fingerprint density at radius 3 is 2.93 bits per heavy atom. The first kappa shape index (κ1) is 9.46. The van der Waals surface area contributed by atoms with E-state index in [2.05, 4.69) is 18.3 Å². The molecule has 1 N–H and O–H groups in total. The highest BCUT2D eigenvalue weighted by atomic mass is 32.1. The summed E-state index contributed by atoms with van der Waals surface area (Å²) >= 11 is 1.70. The number of hydrogen-bond acceptors (Lipinski definition) is 2. The molecule has 1 saturated carbocycles. The molecule has 1 aromatic heterocycles. The number of hydrogen-bond donors (Lipinski definition) is 1. The van der Waals surface area contributed by atoms with E-state index in [9.17, 15) is 4.79 Å². The molecular formula is C11H13NOS. The lowest BCUT2D eigenvalue weighted by molar-refractivity contribution is -0.116. The standard InChI is InChI=1S/C11H13NOS/c1-8-2-5-10(14-8)6-7-11(13)12-9-3-4-9/h2,5-7,9H,3-4H2,1H3,(H,12,13). The van der Waals surface area contributed by atoms with Gasteiger partial charge in [0.15, 0.2) is 0 Å². The van der Waals surface area contributed by atoms with Gasteiger partial charge in [-0.1, -0.05) is 0 Å². The molecule has 14 heavy (non-hydrogen) atoms. The maximum Gasteiger partial charge on any atom is 0.244 e. The van der Waals surface area contributed by atoms with Crippen LogP contribution in [0.5, 0.6) is 0 Å². The van der Waals surface area contributed by atoms with Gasteiger partial charge in [-0.25, -0.2) is 0 Å². The third-order valence-electron chi connectivity index (χ3n) is 2.08. The zero-order chi connectivity index (χ0) is 9.97.